The maximum atomic E-state index is 13.8. The average molecular weight is 401 g/mol. The number of ketones is 3. The fourth-order valence-electron chi connectivity index (χ4n) is 7.70. The summed E-state index contributed by atoms with van der Waals surface area (Å²) in [6.07, 6.45) is 4.23. The number of rotatable bonds is 1. The second-order valence-corrected chi connectivity index (χ2v) is 11.0. The smallest absolute Gasteiger partial charge is 0.206 e. The molecule has 0 amide bonds. The summed E-state index contributed by atoms with van der Waals surface area (Å²) < 4.78 is 0. The van der Waals surface area contributed by atoms with Crippen molar-refractivity contribution in [3.63, 3.8) is 0 Å². The van der Waals surface area contributed by atoms with Gasteiger partial charge in [-0.15, -0.1) is 0 Å². The first kappa shape index (κ1) is 20.5. The Morgan fingerprint density at radius 1 is 1.10 bits per heavy atom. The van der Waals surface area contributed by atoms with Crippen LogP contribution in [0.2, 0.25) is 0 Å². The van der Waals surface area contributed by atoms with Gasteiger partial charge in [0, 0.05) is 23.7 Å². The van der Waals surface area contributed by atoms with Crippen molar-refractivity contribution in [2.24, 2.45) is 39.4 Å². The molecule has 4 aliphatic rings. The third-order valence-electron chi connectivity index (χ3n) is 9.47. The zero-order valence-corrected chi connectivity index (χ0v) is 18.2. The monoisotopic (exact) mass is 400 g/mol. The fourth-order valence-corrected chi connectivity index (χ4v) is 7.70. The number of carbonyl (C=O) groups is 3. The number of carbonyl (C=O) groups excluding carboxylic acids is 3. The molecule has 0 aliphatic heterocycles. The van der Waals surface area contributed by atoms with Crippen LogP contribution in [0.4, 0.5) is 0 Å². The van der Waals surface area contributed by atoms with Gasteiger partial charge in [0.2, 0.25) is 5.78 Å². The van der Waals surface area contributed by atoms with Gasteiger partial charge in [-0.3, -0.25) is 14.4 Å². The fraction of sp³-hybridized carbons (Fsp3) is 0.708. The Hall–Kier alpha value is -1.75. The van der Waals surface area contributed by atoms with E-state index < -0.39 is 33.7 Å². The lowest BCUT2D eigenvalue weighted by molar-refractivity contribution is -0.166. The predicted molar refractivity (Wildman–Crippen MR) is 108 cm³/mol. The summed E-state index contributed by atoms with van der Waals surface area (Å²) in [5.41, 5.74) is -1.73. The van der Waals surface area contributed by atoms with E-state index in [0.29, 0.717) is 12.8 Å². The molecule has 7 atom stereocenters. The van der Waals surface area contributed by atoms with Crippen molar-refractivity contribution in [3.05, 3.63) is 23.5 Å². The van der Waals surface area contributed by atoms with Gasteiger partial charge >= 0.3 is 0 Å². The predicted octanol–water partition coefficient (Wildman–Crippen LogP) is 3.56. The van der Waals surface area contributed by atoms with Crippen molar-refractivity contribution in [3.8, 4) is 0 Å². The standard InChI is InChI=1S/C24H32O5/c1-12(25)19-16(27)10-22(4)17-8-7-13-14(9-15(26)20(29)21(13,2)3)24(17,6)18(28)11-23(19,22)5/h7,9,14,16-17,19,26-27H,8,10-11H2,1-6H3/t14-,16+,17-,19-,22-,23+,24-/m0/s1. The van der Waals surface area contributed by atoms with Gasteiger partial charge < -0.3 is 10.2 Å². The minimum absolute atomic E-state index is 0.0610. The number of hydrogen-bond donors (Lipinski definition) is 2. The number of fused-ring (bicyclic) bond motifs is 5. The molecule has 0 spiro atoms. The van der Waals surface area contributed by atoms with E-state index in [9.17, 15) is 24.6 Å². The van der Waals surface area contributed by atoms with Crippen LogP contribution in [0, 0.1) is 39.4 Å². The summed E-state index contributed by atoms with van der Waals surface area (Å²) in [5, 5.41) is 21.2. The number of Topliss-reactive ketones (excluding diaryl/α,β-unsaturated/α-hetero) is 3. The van der Waals surface area contributed by atoms with E-state index >= 15 is 0 Å². The number of hydrogen-bond acceptors (Lipinski definition) is 5. The number of aliphatic hydroxyl groups is 2. The first-order chi connectivity index (χ1) is 13.2. The van der Waals surface area contributed by atoms with Crippen molar-refractivity contribution in [1.29, 1.82) is 0 Å². The van der Waals surface area contributed by atoms with Crippen LogP contribution in [0.1, 0.15) is 60.8 Å². The molecule has 158 valence electrons. The van der Waals surface area contributed by atoms with Crippen LogP contribution in [0.25, 0.3) is 0 Å². The molecule has 0 aromatic heterocycles. The van der Waals surface area contributed by atoms with Gasteiger partial charge in [-0.05, 0) is 56.4 Å². The van der Waals surface area contributed by atoms with Crippen LogP contribution < -0.4 is 0 Å². The van der Waals surface area contributed by atoms with E-state index in [4.69, 9.17) is 0 Å². The molecule has 0 aromatic rings. The highest BCUT2D eigenvalue weighted by atomic mass is 16.3. The molecule has 4 aliphatic carbocycles. The largest absolute Gasteiger partial charge is 0.505 e. The SMILES string of the molecule is CC(=O)[C@H]1[C@H](O)C[C@@]2(C)[C@@H]3CC=C4[C@H](C=C(O)C(=O)C4(C)C)[C@]3(C)C(=O)C[C@]12C. The third-order valence-corrected chi connectivity index (χ3v) is 9.47. The molecule has 2 fully saturated rings. The van der Waals surface area contributed by atoms with Crippen LogP contribution >= 0.6 is 0 Å². The Kier molecular flexibility index (Phi) is 4.02. The molecule has 0 bridgehead atoms. The summed E-state index contributed by atoms with van der Waals surface area (Å²) in [6.45, 7) is 11.2. The molecular formula is C24H32O5. The first-order valence-electron chi connectivity index (χ1n) is 10.6. The minimum Gasteiger partial charge on any atom is -0.505 e. The maximum Gasteiger partial charge on any atom is 0.206 e. The summed E-state index contributed by atoms with van der Waals surface area (Å²) in [6, 6.07) is 0. The summed E-state index contributed by atoms with van der Waals surface area (Å²) in [5.74, 6) is -1.55. The molecule has 0 radical (unpaired) electrons. The lowest BCUT2D eigenvalue weighted by atomic mass is 9.39. The van der Waals surface area contributed by atoms with E-state index in [0.717, 1.165) is 5.57 Å². The molecule has 0 unspecified atom stereocenters. The highest BCUT2D eigenvalue weighted by molar-refractivity contribution is 6.02. The molecule has 2 saturated carbocycles. The van der Waals surface area contributed by atoms with Crippen LogP contribution in [0.15, 0.2) is 23.5 Å². The molecule has 5 nitrogen and oxygen atoms in total. The topological polar surface area (TPSA) is 91.7 Å². The number of allylic oxidation sites excluding steroid dienone is 4. The summed E-state index contributed by atoms with van der Waals surface area (Å²) in [7, 11) is 0. The zero-order valence-electron chi connectivity index (χ0n) is 18.2. The Morgan fingerprint density at radius 2 is 1.72 bits per heavy atom. The van der Waals surface area contributed by atoms with Crippen LogP contribution in [-0.4, -0.2) is 33.7 Å². The lowest BCUT2D eigenvalue weighted by Crippen LogP contribution is -2.62. The van der Waals surface area contributed by atoms with E-state index in [2.05, 4.69) is 13.0 Å². The molecule has 4 rings (SSSR count). The van der Waals surface area contributed by atoms with Gasteiger partial charge in [0.15, 0.2) is 5.76 Å². The van der Waals surface area contributed by atoms with E-state index in [1.54, 1.807) is 6.08 Å². The normalized spacial score (nSPS) is 48.2. The van der Waals surface area contributed by atoms with Gasteiger partial charge in [0.25, 0.3) is 0 Å². The van der Waals surface area contributed by atoms with Crippen LogP contribution in [0.5, 0.6) is 0 Å². The first-order valence-corrected chi connectivity index (χ1v) is 10.6. The quantitative estimate of drug-likeness (QED) is 0.657. The molecule has 0 aromatic carbocycles. The van der Waals surface area contributed by atoms with Crippen molar-refractivity contribution in [2.75, 3.05) is 0 Å². The van der Waals surface area contributed by atoms with Gasteiger partial charge in [0.05, 0.1) is 11.5 Å². The van der Waals surface area contributed by atoms with Crippen molar-refractivity contribution >= 4 is 17.3 Å². The highest BCUT2D eigenvalue weighted by Crippen LogP contribution is 2.72. The van der Waals surface area contributed by atoms with Crippen molar-refractivity contribution < 1.29 is 24.6 Å². The molecule has 2 N–H and O–H groups in total. The Balaban J connectivity index is 1.91. The van der Waals surface area contributed by atoms with Crippen molar-refractivity contribution in [1.82, 2.24) is 0 Å². The Bertz CT molecular complexity index is 895. The highest BCUT2D eigenvalue weighted by Gasteiger charge is 2.72. The summed E-state index contributed by atoms with van der Waals surface area (Å²) >= 11 is 0. The van der Waals surface area contributed by atoms with E-state index in [1.807, 2.05) is 27.7 Å². The molecular weight excluding hydrogens is 368 g/mol. The molecule has 29 heavy (non-hydrogen) atoms. The van der Waals surface area contributed by atoms with Gasteiger partial charge in [0.1, 0.15) is 11.6 Å². The van der Waals surface area contributed by atoms with Crippen LogP contribution in [-0.2, 0) is 14.4 Å². The lowest BCUT2D eigenvalue weighted by Gasteiger charge is -2.62. The second kappa shape index (κ2) is 5.69. The number of aliphatic hydroxyl groups excluding tert-OH is 2. The third kappa shape index (κ3) is 2.17. The molecule has 0 heterocycles. The second-order valence-electron chi connectivity index (χ2n) is 11.0. The van der Waals surface area contributed by atoms with Gasteiger partial charge in [-0.1, -0.05) is 32.4 Å². The minimum atomic E-state index is -0.851. The molecule has 0 saturated heterocycles. The van der Waals surface area contributed by atoms with Gasteiger partial charge in [-0.25, -0.2) is 0 Å². The summed E-state index contributed by atoms with van der Waals surface area (Å²) in [4.78, 5) is 38.8. The zero-order chi connectivity index (χ0) is 21.7. The van der Waals surface area contributed by atoms with Crippen molar-refractivity contribution in [2.45, 2.75) is 66.9 Å². The Labute approximate surface area is 172 Å². The average Bonchev–Trinajstić information content (AvgIpc) is 2.79. The van der Waals surface area contributed by atoms with Gasteiger partial charge in [-0.2, -0.15) is 0 Å². The van der Waals surface area contributed by atoms with Crippen LogP contribution in [0.3, 0.4) is 0 Å². The maximum absolute atomic E-state index is 13.8. The van der Waals surface area contributed by atoms with E-state index in [-0.39, 0.29) is 41.4 Å². The molecule has 5 heteroatoms. The Morgan fingerprint density at radius 3 is 2.31 bits per heavy atom. The van der Waals surface area contributed by atoms with E-state index in [1.165, 1.54) is 6.92 Å².